The molecule has 0 radical (unpaired) electrons. The average Bonchev–Trinajstić information content (AvgIpc) is 2.47. The van der Waals surface area contributed by atoms with Gasteiger partial charge in [0.25, 0.3) is 0 Å². The second-order valence-electron chi connectivity index (χ2n) is 5.53. The summed E-state index contributed by atoms with van der Waals surface area (Å²) in [5.74, 6) is 1.61. The van der Waals surface area contributed by atoms with Crippen molar-refractivity contribution in [1.82, 2.24) is 5.32 Å². The molecule has 0 amide bonds. The van der Waals surface area contributed by atoms with Crippen LogP contribution >= 0.6 is 0 Å². The van der Waals surface area contributed by atoms with Crippen LogP contribution in [0.3, 0.4) is 0 Å². The summed E-state index contributed by atoms with van der Waals surface area (Å²) in [6.07, 6.45) is 1.07. The van der Waals surface area contributed by atoms with Crippen LogP contribution < -0.4 is 14.8 Å². The lowest BCUT2D eigenvalue weighted by Crippen LogP contribution is -2.42. The van der Waals surface area contributed by atoms with Crippen LogP contribution in [0.25, 0.3) is 0 Å². The summed E-state index contributed by atoms with van der Waals surface area (Å²) in [7, 11) is 3.34. The highest BCUT2D eigenvalue weighted by Crippen LogP contribution is 2.36. The van der Waals surface area contributed by atoms with Crippen molar-refractivity contribution in [3.8, 4) is 11.5 Å². The lowest BCUT2D eigenvalue weighted by molar-refractivity contribution is -0.0396. The highest BCUT2D eigenvalue weighted by atomic mass is 16.5. The highest BCUT2D eigenvalue weighted by Gasteiger charge is 2.33. The smallest absolute Gasteiger partial charge is 0.127 e. The predicted molar refractivity (Wildman–Crippen MR) is 86.3 cm³/mol. The van der Waals surface area contributed by atoms with Crippen LogP contribution in [0.2, 0.25) is 0 Å². The maximum Gasteiger partial charge on any atom is 0.127 e. The third-order valence-corrected chi connectivity index (χ3v) is 3.56. The van der Waals surface area contributed by atoms with Gasteiger partial charge >= 0.3 is 0 Å². The Bertz CT molecular complexity index is 432. The zero-order chi connectivity index (χ0) is 15.9. The molecule has 0 fully saturated rings. The van der Waals surface area contributed by atoms with Crippen molar-refractivity contribution in [3.05, 3.63) is 23.8 Å². The van der Waals surface area contributed by atoms with Crippen molar-refractivity contribution in [3.63, 3.8) is 0 Å². The van der Waals surface area contributed by atoms with E-state index in [9.17, 15) is 0 Å². The number of methoxy groups -OCH3 is 2. The fourth-order valence-electron chi connectivity index (χ4n) is 2.53. The molecule has 0 aromatic heterocycles. The molecule has 21 heavy (non-hydrogen) atoms. The maximum atomic E-state index is 5.95. The Kier molecular flexibility index (Phi) is 6.99. The first-order valence-electron chi connectivity index (χ1n) is 7.59. The first-order chi connectivity index (χ1) is 10.00. The van der Waals surface area contributed by atoms with Crippen LogP contribution in [0, 0.1) is 0 Å². The van der Waals surface area contributed by atoms with Gasteiger partial charge in [0.05, 0.1) is 25.9 Å². The quantitative estimate of drug-likeness (QED) is 0.756. The van der Waals surface area contributed by atoms with E-state index in [4.69, 9.17) is 14.2 Å². The van der Waals surface area contributed by atoms with Crippen molar-refractivity contribution in [2.75, 3.05) is 27.4 Å². The Hall–Kier alpha value is -1.26. The van der Waals surface area contributed by atoms with Crippen LogP contribution in [0.1, 0.15) is 45.7 Å². The van der Waals surface area contributed by atoms with Gasteiger partial charge in [0.2, 0.25) is 0 Å². The molecule has 0 saturated carbocycles. The Balaban J connectivity index is 3.18. The van der Waals surface area contributed by atoms with Crippen molar-refractivity contribution >= 4 is 0 Å². The fraction of sp³-hybridized carbons (Fsp3) is 0.647. The molecule has 0 bridgehead atoms. The van der Waals surface area contributed by atoms with Crippen LogP contribution in [0.15, 0.2) is 18.2 Å². The predicted octanol–water partition coefficient (Wildman–Crippen LogP) is 3.56. The van der Waals surface area contributed by atoms with E-state index in [0.29, 0.717) is 6.61 Å². The standard InChI is InChI=1S/C17H29NO3/c1-7-11-18-16(17(3,4)21-8-2)14-10-9-13(19-5)12-15(14)20-6/h9-10,12,16,18H,7-8,11H2,1-6H3. The minimum Gasteiger partial charge on any atom is -0.497 e. The molecule has 1 aromatic carbocycles. The van der Waals surface area contributed by atoms with E-state index in [1.807, 2.05) is 25.1 Å². The van der Waals surface area contributed by atoms with Crippen molar-refractivity contribution in [2.24, 2.45) is 0 Å². The van der Waals surface area contributed by atoms with E-state index in [1.54, 1.807) is 14.2 Å². The van der Waals surface area contributed by atoms with Crippen LogP contribution in [-0.4, -0.2) is 33.0 Å². The van der Waals surface area contributed by atoms with Gasteiger partial charge in [0.1, 0.15) is 11.5 Å². The van der Waals surface area contributed by atoms with E-state index in [-0.39, 0.29) is 11.6 Å². The van der Waals surface area contributed by atoms with Crippen LogP contribution in [0.4, 0.5) is 0 Å². The van der Waals surface area contributed by atoms with E-state index in [0.717, 1.165) is 30.0 Å². The molecule has 4 heteroatoms. The number of benzene rings is 1. The van der Waals surface area contributed by atoms with Gasteiger partial charge in [-0.2, -0.15) is 0 Å². The summed E-state index contributed by atoms with van der Waals surface area (Å²) >= 11 is 0. The molecule has 1 atom stereocenters. The van der Waals surface area contributed by atoms with Gasteiger partial charge in [-0.05, 0) is 45.9 Å². The third kappa shape index (κ3) is 4.61. The maximum absolute atomic E-state index is 5.95. The fourth-order valence-corrected chi connectivity index (χ4v) is 2.53. The first-order valence-corrected chi connectivity index (χ1v) is 7.59. The highest BCUT2D eigenvalue weighted by molar-refractivity contribution is 5.43. The SMILES string of the molecule is CCCNC(c1ccc(OC)cc1OC)C(C)(C)OCC. The number of nitrogens with one attached hydrogen (secondary N) is 1. The second kappa shape index (κ2) is 8.25. The number of ether oxygens (including phenoxy) is 3. The summed E-state index contributed by atoms with van der Waals surface area (Å²) in [6, 6.07) is 5.97. The Morgan fingerprint density at radius 3 is 2.38 bits per heavy atom. The Morgan fingerprint density at radius 2 is 1.86 bits per heavy atom. The molecule has 4 nitrogen and oxygen atoms in total. The zero-order valence-electron chi connectivity index (χ0n) is 14.2. The van der Waals surface area contributed by atoms with E-state index < -0.39 is 0 Å². The first kappa shape index (κ1) is 17.8. The number of hydrogen-bond donors (Lipinski definition) is 1. The van der Waals surface area contributed by atoms with Gasteiger partial charge in [0.15, 0.2) is 0 Å². The largest absolute Gasteiger partial charge is 0.497 e. The van der Waals surface area contributed by atoms with Gasteiger partial charge < -0.3 is 19.5 Å². The topological polar surface area (TPSA) is 39.7 Å². The van der Waals surface area contributed by atoms with Gasteiger partial charge in [-0.15, -0.1) is 0 Å². The van der Waals surface area contributed by atoms with E-state index in [2.05, 4.69) is 26.1 Å². The minimum absolute atomic E-state index is 0.0539. The summed E-state index contributed by atoms with van der Waals surface area (Å²) in [6.45, 7) is 9.99. The minimum atomic E-state index is -0.328. The molecule has 0 spiro atoms. The number of rotatable bonds is 9. The molecular weight excluding hydrogens is 266 g/mol. The van der Waals surface area contributed by atoms with Crippen LogP contribution in [0.5, 0.6) is 11.5 Å². The lowest BCUT2D eigenvalue weighted by atomic mass is 9.90. The molecule has 0 heterocycles. The van der Waals surface area contributed by atoms with Crippen molar-refractivity contribution in [2.45, 2.75) is 45.8 Å². The zero-order valence-corrected chi connectivity index (χ0v) is 14.2. The third-order valence-electron chi connectivity index (χ3n) is 3.56. The monoisotopic (exact) mass is 295 g/mol. The molecule has 0 saturated heterocycles. The van der Waals surface area contributed by atoms with Crippen LogP contribution in [-0.2, 0) is 4.74 Å². The molecule has 1 rings (SSSR count). The Morgan fingerprint density at radius 1 is 1.14 bits per heavy atom. The van der Waals surface area contributed by atoms with Gasteiger partial charge in [-0.3, -0.25) is 0 Å². The van der Waals surface area contributed by atoms with E-state index in [1.165, 1.54) is 0 Å². The lowest BCUT2D eigenvalue weighted by Gasteiger charge is -2.36. The van der Waals surface area contributed by atoms with Crippen molar-refractivity contribution in [1.29, 1.82) is 0 Å². The van der Waals surface area contributed by atoms with Gasteiger partial charge in [0, 0.05) is 18.2 Å². The van der Waals surface area contributed by atoms with Gasteiger partial charge in [-0.25, -0.2) is 0 Å². The molecule has 1 N–H and O–H groups in total. The molecule has 0 aliphatic rings. The summed E-state index contributed by atoms with van der Waals surface area (Å²) in [5, 5.41) is 3.58. The van der Waals surface area contributed by atoms with Gasteiger partial charge in [-0.1, -0.05) is 6.92 Å². The summed E-state index contributed by atoms with van der Waals surface area (Å²) in [5.41, 5.74) is 0.761. The number of hydrogen-bond acceptors (Lipinski definition) is 4. The van der Waals surface area contributed by atoms with E-state index >= 15 is 0 Å². The molecule has 1 aromatic rings. The molecule has 0 aliphatic carbocycles. The molecule has 0 aliphatic heterocycles. The molecular formula is C17H29NO3. The average molecular weight is 295 g/mol. The summed E-state index contributed by atoms with van der Waals surface area (Å²) < 4.78 is 16.8. The Labute approximate surface area is 128 Å². The summed E-state index contributed by atoms with van der Waals surface area (Å²) in [4.78, 5) is 0. The van der Waals surface area contributed by atoms with Crippen molar-refractivity contribution < 1.29 is 14.2 Å². The molecule has 120 valence electrons. The second-order valence-corrected chi connectivity index (χ2v) is 5.53. The molecule has 1 unspecified atom stereocenters. The normalized spacial score (nSPS) is 13.0.